The van der Waals surface area contributed by atoms with E-state index in [9.17, 15) is 4.79 Å². The molecule has 0 amide bonds. The van der Waals surface area contributed by atoms with Crippen LogP contribution in [0.2, 0.25) is 0 Å². The molecule has 2 aromatic heterocycles. The highest BCUT2D eigenvalue weighted by Gasteiger charge is 2.15. The lowest BCUT2D eigenvalue weighted by atomic mass is 10.3. The number of aromatic carboxylic acids is 1. The highest BCUT2D eigenvalue weighted by molar-refractivity contribution is 9.10. The highest BCUT2D eigenvalue weighted by atomic mass is 79.9. The summed E-state index contributed by atoms with van der Waals surface area (Å²) in [5.74, 6) is -0.941. The molecular weight excluding hydrogens is 292 g/mol. The van der Waals surface area contributed by atoms with Crippen molar-refractivity contribution in [3.63, 3.8) is 0 Å². The molecular formula is C10H7BrN2O2S. The first kappa shape index (κ1) is 11.2. The Morgan fingerprint density at radius 3 is 2.81 bits per heavy atom. The molecule has 0 aliphatic carbocycles. The van der Waals surface area contributed by atoms with Gasteiger partial charge in [-0.1, -0.05) is 0 Å². The number of carbonyl (C=O) groups is 1. The Hall–Kier alpha value is -1.27. The summed E-state index contributed by atoms with van der Waals surface area (Å²) in [4.78, 5) is 19.4. The third-order valence-corrected chi connectivity index (χ3v) is 3.57. The molecule has 82 valence electrons. The van der Waals surface area contributed by atoms with Crippen LogP contribution in [0.4, 0.5) is 0 Å². The standard InChI is InChI=1S/C10H7BrN2O2S/c1-5-8(10(14)15)16-9(13-5)6-2-7(11)4-12-3-6/h2-4H,1H3,(H,14,15). The topological polar surface area (TPSA) is 63.1 Å². The van der Waals surface area contributed by atoms with Gasteiger partial charge in [-0.25, -0.2) is 9.78 Å². The van der Waals surface area contributed by atoms with Crippen LogP contribution in [0.3, 0.4) is 0 Å². The van der Waals surface area contributed by atoms with Crippen molar-refractivity contribution in [3.8, 4) is 10.6 Å². The fourth-order valence-corrected chi connectivity index (χ4v) is 2.50. The lowest BCUT2D eigenvalue weighted by Gasteiger charge is -1.94. The quantitative estimate of drug-likeness (QED) is 0.926. The molecule has 2 rings (SSSR count). The van der Waals surface area contributed by atoms with Crippen LogP contribution >= 0.6 is 27.3 Å². The molecule has 0 saturated heterocycles. The van der Waals surface area contributed by atoms with E-state index in [0.29, 0.717) is 10.7 Å². The van der Waals surface area contributed by atoms with Crippen LogP contribution < -0.4 is 0 Å². The molecule has 0 atom stereocenters. The minimum absolute atomic E-state index is 0.273. The van der Waals surface area contributed by atoms with Gasteiger partial charge in [0.2, 0.25) is 0 Å². The highest BCUT2D eigenvalue weighted by Crippen LogP contribution is 2.28. The number of aromatic nitrogens is 2. The van der Waals surface area contributed by atoms with E-state index in [4.69, 9.17) is 5.11 Å². The van der Waals surface area contributed by atoms with Gasteiger partial charge in [0.05, 0.1) is 5.69 Å². The maximum atomic E-state index is 10.9. The fourth-order valence-electron chi connectivity index (χ4n) is 1.25. The predicted octanol–water partition coefficient (Wildman–Crippen LogP) is 2.97. The Morgan fingerprint density at radius 2 is 2.25 bits per heavy atom. The van der Waals surface area contributed by atoms with E-state index in [1.54, 1.807) is 19.3 Å². The first-order valence-electron chi connectivity index (χ1n) is 4.39. The Labute approximate surface area is 104 Å². The van der Waals surface area contributed by atoms with Crippen molar-refractivity contribution >= 4 is 33.2 Å². The summed E-state index contributed by atoms with van der Waals surface area (Å²) >= 11 is 4.47. The molecule has 0 saturated carbocycles. The van der Waals surface area contributed by atoms with Gasteiger partial charge in [0.15, 0.2) is 0 Å². The van der Waals surface area contributed by atoms with E-state index in [-0.39, 0.29) is 4.88 Å². The molecule has 0 aliphatic heterocycles. The van der Waals surface area contributed by atoms with E-state index >= 15 is 0 Å². The maximum Gasteiger partial charge on any atom is 0.347 e. The largest absolute Gasteiger partial charge is 0.477 e. The molecule has 1 N–H and O–H groups in total. The zero-order valence-electron chi connectivity index (χ0n) is 8.27. The van der Waals surface area contributed by atoms with Gasteiger partial charge in [-0.2, -0.15) is 0 Å². The molecule has 2 aromatic rings. The summed E-state index contributed by atoms with van der Waals surface area (Å²) in [6.07, 6.45) is 3.33. The maximum absolute atomic E-state index is 10.9. The number of pyridine rings is 1. The number of carboxylic acids is 1. The minimum Gasteiger partial charge on any atom is -0.477 e. The summed E-state index contributed by atoms with van der Waals surface area (Å²) in [5, 5.41) is 9.60. The van der Waals surface area contributed by atoms with E-state index in [1.807, 2.05) is 6.07 Å². The predicted molar refractivity (Wildman–Crippen MR) is 64.7 cm³/mol. The Kier molecular flexibility index (Phi) is 3.02. The average molecular weight is 299 g/mol. The minimum atomic E-state index is -0.941. The Morgan fingerprint density at radius 1 is 1.50 bits per heavy atom. The zero-order chi connectivity index (χ0) is 11.7. The van der Waals surface area contributed by atoms with Crippen LogP contribution in [-0.2, 0) is 0 Å². The molecule has 0 fully saturated rings. The Balaban J connectivity index is 2.49. The van der Waals surface area contributed by atoms with Gasteiger partial charge >= 0.3 is 5.97 Å². The van der Waals surface area contributed by atoms with Crippen molar-refractivity contribution in [3.05, 3.63) is 33.5 Å². The molecule has 6 heteroatoms. The van der Waals surface area contributed by atoms with Gasteiger partial charge in [0.1, 0.15) is 9.88 Å². The number of nitrogens with zero attached hydrogens (tertiary/aromatic N) is 2. The molecule has 0 bridgehead atoms. The third kappa shape index (κ3) is 2.12. The average Bonchev–Trinajstić information content (AvgIpc) is 2.60. The number of thiazole rings is 1. The Bertz CT molecular complexity index is 554. The SMILES string of the molecule is Cc1nc(-c2cncc(Br)c2)sc1C(=O)O. The number of aryl methyl sites for hydroxylation is 1. The fraction of sp³-hybridized carbons (Fsp3) is 0.100. The second kappa shape index (κ2) is 4.31. The molecule has 2 heterocycles. The number of hydrogen-bond acceptors (Lipinski definition) is 4. The van der Waals surface area contributed by atoms with Crippen LogP contribution in [0.1, 0.15) is 15.4 Å². The first-order valence-corrected chi connectivity index (χ1v) is 6.00. The zero-order valence-corrected chi connectivity index (χ0v) is 10.7. The van der Waals surface area contributed by atoms with Gasteiger partial charge < -0.3 is 5.11 Å². The molecule has 16 heavy (non-hydrogen) atoms. The van der Waals surface area contributed by atoms with Crippen LogP contribution in [-0.4, -0.2) is 21.0 Å². The number of carboxylic acid groups (broad SMARTS) is 1. The summed E-state index contributed by atoms with van der Waals surface area (Å²) in [7, 11) is 0. The van der Waals surface area contributed by atoms with Gasteiger partial charge in [-0.05, 0) is 28.9 Å². The van der Waals surface area contributed by atoms with Crippen molar-refractivity contribution in [2.24, 2.45) is 0 Å². The summed E-state index contributed by atoms with van der Waals surface area (Å²) in [6.45, 7) is 1.69. The van der Waals surface area contributed by atoms with Gasteiger partial charge in [-0.3, -0.25) is 4.98 Å². The first-order chi connectivity index (χ1) is 7.58. The summed E-state index contributed by atoms with van der Waals surface area (Å²) in [6, 6.07) is 1.86. The molecule has 0 unspecified atom stereocenters. The smallest absolute Gasteiger partial charge is 0.347 e. The van der Waals surface area contributed by atoms with E-state index in [0.717, 1.165) is 21.4 Å². The van der Waals surface area contributed by atoms with Gasteiger partial charge in [0.25, 0.3) is 0 Å². The number of rotatable bonds is 2. The number of halogens is 1. The normalized spacial score (nSPS) is 10.4. The van der Waals surface area contributed by atoms with Crippen molar-refractivity contribution in [2.75, 3.05) is 0 Å². The van der Waals surface area contributed by atoms with Crippen molar-refractivity contribution in [2.45, 2.75) is 6.92 Å². The summed E-state index contributed by atoms with van der Waals surface area (Å²) < 4.78 is 0.842. The second-order valence-electron chi connectivity index (χ2n) is 3.13. The molecule has 0 radical (unpaired) electrons. The lowest BCUT2D eigenvalue weighted by Crippen LogP contribution is -1.94. The van der Waals surface area contributed by atoms with Crippen molar-refractivity contribution < 1.29 is 9.90 Å². The van der Waals surface area contributed by atoms with Crippen molar-refractivity contribution in [1.29, 1.82) is 0 Å². The second-order valence-corrected chi connectivity index (χ2v) is 5.05. The van der Waals surface area contributed by atoms with Gasteiger partial charge in [-0.15, -0.1) is 11.3 Å². The molecule has 0 aliphatic rings. The van der Waals surface area contributed by atoms with Crippen molar-refractivity contribution in [1.82, 2.24) is 9.97 Å². The van der Waals surface area contributed by atoms with E-state index < -0.39 is 5.97 Å². The van der Waals surface area contributed by atoms with Crippen LogP contribution in [0.5, 0.6) is 0 Å². The summed E-state index contributed by atoms with van der Waals surface area (Å²) in [5.41, 5.74) is 1.35. The molecule has 4 nitrogen and oxygen atoms in total. The van der Waals surface area contributed by atoms with Crippen LogP contribution in [0.15, 0.2) is 22.9 Å². The molecule has 0 aromatic carbocycles. The van der Waals surface area contributed by atoms with E-state index in [1.165, 1.54) is 0 Å². The lowest BCUT2D eigenvalue weighted by molar-refractivity contribution is 0.0701. The van der Waals surface area contributed by atoms with Gasteiger partial charge in [0, 0.05) is 22.4 Å². The van der Waals surface area contributed by atoms with Crippen LogP contribution in [0.25, 0.3) is 10.6 Å². The third-order valence-electron chi connectivity index (χ3n) is 1.94. The molecule has 0 spiro atoms. The van der Waals surface area contributed by atoms with Crippen LogP contribution in [0, 0.1) is 6.92 Å². The van der Waals surface area contributed by atoms with E-state index in [2.05, 4.69) is 25.9 Å². The monoisotopic (exact) mass is 298 g/mol. The number of hydrogen-bond donors (Lipinski definition) is 1.